The summed E-state index contributed by atoms with van der Waals surface area (Å²) >= 11 is 3.50. The van der Waals surface area contributed by atoms with E-state index >= 15 is 0 Å². The zero-order valence-electron chi connectivity index (χ0n) is 14.1. The fraction of sp³-hybridized carbons (Fsp3) is 0.238. The molecule has 2 heteroatoms. The van der Waals surface area contributed by atoms with Gasteiger partial charge in [-0.1, -0.05) is 78.3 Å². The molecule has 0 aliphatic carbocycles. The lowest BCUT2D eigenvalue weighted by atomic mass is 9.88. The van der Waals surface area contributed by atoms with Crippen LogP contribution in [0, 0.1) is 0 Å². The van der Waals surface area contributed by atoms with Crippen LogP contribution in [-0.4, -0.2) is 5.11 Å². The number of rotatable bonds is 2. The van der Waals surface area contributed by atoms with E-state index < -0.39 is 5.60 Å². The molecule has 0 aliphatic rings. The van der Waals surface area contributed by atoms with E-state index in [1.165, 1.54) is 10.8 Å². The van der Waals surface area contributed by atoms with Gasteiger partial charge in [-0.05, 0) is 53.4 Å². The molecule has 0 radical (unpaired) electrons. The Labute approximate surface area is 147 Å². The summed E-state index contributed by atoms with van der Waals surface area (Å²) in [7, 11) is 0. The summed E-state index contributed by atoms with van der Waals surface area (Å²) in [4.78, 5) is 0. The van der Waals surface area contributed by atoms with Crippen LogP contribution in [0.25, 0.3) is 21.9 Å². The SMILES string of the molecule is CC.CC(C)(O)c1cc(Br)ccc1-c1cccc2ccccc12. The molecule has 0 fully saturated rings. The average Bonchev–Trinajstić information content (AvgIpc) is 2.55. The van der Waals surface area contributed by atoms with E-state index in [0.717, 1.165) is 21.2 Å². The van der Waals surface area contributed by atoms with Gasteiger partial charge in [0.2, 0.25) is 0 Å². The van der Waals surface area contributed by atoms with Crippen molar-refractivity contribution in [2.24, 2.45) is 0 Å². The Kier molecular flexibility index (Phi) is 5.61. The Hall–Kier alpha value is -1.64. The maximum atomic E-state index is 10.5. The van der Waals surface area contributed by atoms with Gasteiger partial charge in [0.15, 0.2) is 0 Å². The second kappa shape index (κ2) is 7.29. The number of aliphatic hydroxyl groups is 1. The van der Waals surface area contributed by atoms with E-state index in [4.69, 9.17) is 0 Å². The monoisotopic (exact) mass is 370 g/mol. The van der Waals surface area contributed by atoms with Crippen molar-refractivity contribution in [2.45, 2.75) is 33.3 Å². The minimum absolute atomic E-state index is 0.893. The van der Waals surface area contributed by atoms with E-state index in [9.17, 15) is 5.11 Å². The van der Waals surface area contributed by atoms with Crippen LogP contribution in [0.15, 0.2) is 65.1 Å². The molecule has 0 unspecified atom stereocenters. The van der Waals surface area contributed by atoms with Gasteiger partial charge >= 0.3 is 0 Å². The summed E-state index contributed by atoms with van der Waals surface area (Å²) in [5.41, 5.74) is 2.25. The van der Waals surface area contributed by atoms with Gasteiger partial charge in [-0.2, -0.15) is 0 Å². The van der Waals surface area contributed by atoms with E-state index in [0.29, 0.717) is 0 Å². The van der Waals surface area contributed by atoms with Crippen LogP contribution in [0.1, 0.15) is 33.3 Å². The molecular weight excluding hydrogens is 348 g/mol. The molecule has 0 aliphatic heterocycles. The molecule has 23 heavy (non-hydrogen) atoms. The van der Waals surface area contributed by atoms with E-state index in [2.05, 4.69) is 58.4 Å². The Balaban J connectivity index is 0.000000924. The van der Waals surface area contributed by atoms with Crippen molar-refractivity contribution in [3.63, 3.8) is 0 Å². The van der Waals surface area contributed by atoms with Crippen molar-refractivity contribution in [2.75, 3.05) is 0 Å². The molecule has 3 aromatic rings. The van der Waals surface area contributed by atoms with Crippen LogP contribution < -0.4 is 0 Å². The summed E-state index contributed by atoms with van der Waals surface area (Å²) in [6.07, 6.45) is 0. The maximum Gasteiger partial charge on any atom is 0.0846 e. The summed E-state index contributed by atoms with van der Waals surface area (Å²) in [6, 6.07) is 20.7. The van der Waals surface area contributed by atoms with Gasteiger partial charge in [0.1, 0.15) is 0 Å². The molecule has 0 bridgehead atoms. The summed E-state index contributed by atoms with van der Waals surface area (Å²) in [5.74, 6) is 0. The van der Waals surface area contributed by atoms with E-state index in [1.807, 2.05) is 45.9 Å². The standard InChI is InChI=1S/C19H17BrO.C2H6/c1-19(2,21)18-12-14(20)10-11-17(18)16-9-5-7-13-6-3-4-8-15(13)16;1-2/h3-12,21H,1-2H3;1-2H3. The van der Waals surface area contributed by atoms with Gasteiger partial charge < -0.3 is 5.11 Å². The highest BCUT2D eigenvalue weighted by atomic mass is 79.9. The summed E-state index contributed by atoms with van der Waals surface area (Å²) in [5, 5.41) is 12.9. The third-order valence-corrected chi connectivity index (χ3v) is 4.21. The van der Waals surface area contributed by atoms with Crippen LogP contribution in [0.2, 0.25) is 0 Å². The molecule has 120 valence electrons. The quantitative estimate of drug-likeness (QED) is 0.543. The van der Waals surface area contributed by atoms with Gasteiger partial charge in [-0.15, -0.1) is 0 Å². The second-order valence-electron chi connectivity index (χ2n) is 5.78. The number of hydrogen-bond donors (Lipinski definition) is 1. The third kappa shape index (κ3) is 3.82. The topological polar surface area (TPSA) is 20.2 Å². The number of fused-ring (bicyclic) bond motifs is 1. The Bertz CT molecular complexity index is 795. The van der Waals surface area contributed by atoms with Crippen LogP contribution in [0.4, 0.5) is 0 Å². The smallest absolute Gasteiger partial charge is 0.0846 e. The van der Waals surface area contributed by atoms with E-state index in [-0.39, 0.29) is 0 Å². The van der Waals surface area contributed by atoms with Crippen molar-refractivity contribution >= 4 is 26.7 Å². The number of benzene rings is 3. The van der Waals surface area contributed by atoms with E-state index in [1.54, 1.807) is 0 Å². The molecule has 0 saturated carbocycles. The summed E-state index contributed by atoms with van der Waals surface area (Å²) in [6.45, 7) is 7.65. The molecule has 3 aromatic carbocycles. The summed E-state index contributed by atoms with van der Waals surface area (Å²) < 4.78 is 0.976. The second-order valence-corrected chi connectivity index (χ2v) is 6.69. The zero-order valence-corrected chi connectivity index (χ0v) is 15.7. The first-order chi connectivity index (χ1) is 11.0. The fourth-order valence-electron chi connectivity index (χ4n) is 2.72. The Morgan fingerprint density at radius 2 is 1.48 bits per heavy atom. The van der Waals surface area contributed by atoms with Gasteiger partial charge in [-0.25, -0.2) is 0 Å². The highest BCUT2D eigenvalue weighted by Gasteiger charge is 2.21. The molecule has 1 nitrogen and oxygen atoms in total. The van der Waals surface area contributed by atoms with Crippen LogP contribution in [0.3, 0.4) is 0 Å². The lowest BCUT2D eigenvalue weighted by Crippen LogP contribution is -2.16. The molecular formula is C21H23BrO. The predicted molar refractivity (Wildman–Crippen MR) is 104 cm³/mol. The lowest BCUT2D eigenvalue weighted by Gasteiger charge is -2.23. The third-order valence-electron chi connectivity index (χ3n) is 3.72. The average molecular weight is 371 g/mol. The van der Waals surface area contributed by atoms with Crippen molar-refractivity contribution in [3.8, 4) is 11.1 Å². The highest BCUT2D eigenvalue weighted by molar-refractivity contribution is 9.10. The minimum Gasteiger partial charge on any atom is -0.386 e. The molecule has 0 heterocycles. The Morgan fingerprint density at radius 1 is 0.826 bits per heavy atom. The number of halogens is 1. The molecule has 1 N–H and O–H groups in total. The van der Waals surface area contributed by atoms with Crippen LogP contribution in [0.5, 0.6) is 0 Å². The normalized spacial score (nSPS) is 11.0. The van der Waals surface area contributed by atoms with Crippen molar-refractivity contribution < 1.29 is 5.11 Å². The first kappa shape index (κ1) is 17.7. The van der Waals surface area contributed by atoms with Gasteiger partial charge in [0, 0.05) is 4.47 Å². The predicted octanol–water partition coefficient (Wildman–Crippen LogP) is 6.52. The molecule has 0 atom stereocenters. The maximum absolute atomic E-state index is 10.5. The largest absolute Gasteiger partial charge is 0.386 e. The molecule has 0 spiro atoms. The molecule has 3 rings (SSSR count). The van der Waals surface area contributed by atoms with Gasteiger partial charge in [-0.3, -0.25) is 0 Å². The first-order valence-corrected chi connectivity index (χ1v) is 8.76. The number of hydrogen-bond acceptors (Lipinski definition) is 1. The first-order valence-electron chi connectivity index (χ1n) is 7.97. The van der Waals surface area contributed by atoms with Crippen LogP contribution in [-0.2, 0) is 5.60 Å². The van der Waals surface area contributed by atoms with Crippen molar-refractivity contribution in [1.29, 1.82) is 0 Å². The van der Waals surface area contributed by atoms with Crippen molar-refractivity contribution in [3.05, 3.63) is 70.7 Å². The van der Waals surface area contributed by atoms with Crippen LogP contribution >= 0.6 is 15.9 Å². The lowest BCUT2D eigenvalue weighted by molar-refractivity contribution is 0.0791. The molecule has 0 aromatic heterocycles. The minimum atomic E-state index is -0.893. The zero-order chi connectivity index (χ0) is 17.0. The Morgan fingerprint density at radius 3 is 2.17 bits per heavy atom. The van der Waals surface area contributed by atoms with Gasteiger partial charge in [0.05, 0.1) is 5.60 Å². The highest BCUT2D eigenvalue weighted by Crippen LogP contribution is 2.37. The van der Waals surface area contributed by atoms with Crippen molar-refractivity contribution in [1.82, 2.24) is 0 Å². The molecule has 0 saturated heterocycles. The van der Waals surface area contributed by atoms with Gasteiger partial charge in [0.25, 0.3) is 0 Å². The molecule has 0 amide bonds. The fourth-order valence-corrected chi connectivity index (χ4v) is 3.08.